The molecule has 0 bridgehead atoms. The van der Waals surface area contributed by atoms with Gasteiger partial charge in [-0.3, -0.25) is 9.59 Å². The number of esters is 1. The van der Waals surface area contributed by atoms with Crippen molar-refractivity contribution in [1.29, 1.82) is 0 Å². The van der Waals surface area contributed by atoms with E-state index in [1.807, 2.05) is 54.3 Å². The lowest BCUT2D eigenvalue weighted by molar-refractivity contribution is -0.149. The number of thiophene rings is 1. The van der Waals surface area contributed by atoms with Crippen LogP contribution in [0.2, 0.25) is 0 Å². The van der Waals surface area contributed by atoms with Gasteiger partial charge in [-0.1, -0.05) is 30.3 Å². The lowest BCUT2D eigenvalue weighted by Crippen LogP contribution is -2.49. The van der Waals surface area contributed by atoms with E-state index < -0.39 is 5.41 Å². The van der Waals surface area contributed by atoms with Crippen LogP contribution >= 0.6 is 11.3 Å². The molecule has 0 N–H and O–H groups in total. The molecule has 1 saturated heterocycles. The third-order valence-electron chi connectivity index (χ3n) is 4.76. The highest BCUT2D eigenvalue weighted by atomic mass is 32.1. The van der Waals surface area contributed by atoms with Crippen LogP contribution < -0.4 is 0 Å². The molecule has 1 aromatic carbocycles. The fraction of sp³-hybridized carbons (Fsp3) is 0.368. The summed E-state index contributed by atoms with van der Waals surface area (Å²) in [4.78, 5) is 28.9. The summed E-state index contributed by atoms with van der Waals surface area (Å²) in [5.74, 6) is -0.160. The van der Waals surface area contributed by atoms with Gasteiger partial charge in [-0.15, -0.1) is 11.3 Å². The van der Waals surface area contributed by atoms with Gasteiger partial charge in [-0.25, -0.2) is 0 Å². The Morgan fingerprint density at radius 2 is 1.75 bits per heavy atom. The topological polar surface area (TPSA) is 46.6 Å². The minimum absolute atomic E-state index is 0.0552. The number of ether oxygens (including phenoxy) is 1. The van der Waals surface area contributed by atoms with E-state index in [1.165, 1.54) is 18.4 Å². The van der Waals surface area contributed by atoms with Crippen molar-refractivity contribution in [2.24, 2.45) is 0 Å². The van der Waals surface area contributed by atoms with Crippen molar-refractivity contribution in [2.45, 2.75) is 25.2 Å². The summed E-state index contributed by atoms with van der Waals surface area (Å²) in [5, 5.41) is 0. The van der Waals surface area contributed by atoms with Crippen molar-refractivity contribution < 1.29 is 14.3 Å². The Labute approximate surface area is 146 Å². The summed E-state index contributed by atoms with van der Waals surface area (Å²) < 4.78 is 5.09. The summed E-state index contributed by atoms with van der Waals surface area (Å²) >= 11 is 1.51. The van der Waals surface area contributed by atoms with Gasteiger partial charge in [0.1, 0.15) is 0 Å². The summed E-state index contributed by atoms with van der Waals surface area (Å²) in [6, 6.07) is 13.6. The molecule has 1 fully saturated rings. The van der Waals surface area contributed by atoms with E-state index in [4.69, 9.17) is 4.74 Å². The second-order valence-corrected chi connectivity index (χ2v) is 7.43. The molecule has 1 aliphatic heterocycles. The molecule has 1 aliphatic rings. The highest BCUT2D eigenvalue weighted by molar-refractivity contribution is 7.13. The van der Waals surface area contributed by atoms with Gasteiger partial charge in [0.25, 0.3) is 5.91 Å². The SMILES string of the molecule is COC(=O)C1(c2ccccc2)CCN(C(=O)c2ccc(C)s2)CC1. The minimum Gasteiger partial charge on any atom is -0.468 e. The standard InChI is InChI=1S/C19H21NO3S/c1-14-8-9-16(24-14)17(21)20-12-10-19(11-13-20,18(22)23-2)15-6-4-3-5-7-15/h3-9H,10-13H2,1-2H3. The van der Waals surface area contributed by atoms with E-state index in [2.05, 4.69) is 0 Å². The van der Waals surface area contributed by atoms with E-state index in [9.17, 15) is 9.59 Å². The Morgan fingerprint density at radius 3 is 2.29 bits per heavy atom. The van der Waals surface area contributed by atoms with Crippen molar-refractivity contribution in [3.05, 3.63) is 57.8 Å². The monoisotopic (exact) mass is 343 g/mol. The maximum atomic E-state index is 12.6. The predicted octanol–water partition coefficient (Wildman–Crippen LogP) is 3.40. The molecule has 24 heavy (non-hydrogen) atoms. The van der Waals surface area contributed by atoms with Crippen LogP contribution in [0.4, 0.5) is 0 Å². The number of hydrogen-bond acceptors (Lipinski definition) is 4. The van der Waals surface area contributed by atoms with Gasteiger partial charge in [-0.2, -0.15) is 0 Å². The molecule has 0 atom stereocenters. The summed E-state index contributed by atoms with van der Waals surface area (Å²) in [6.07, 6.45) is 1.17. The Balaban J connectivity index is 1.80. The van der Waals surface area contributed by atoms with Crippen LogP contribution in [0.25, 0.3) is 0 Å². The van der Waals surface area contributed by atoms with Gasteiger partial charge in [0.05, 0.1) is 17.4 Å². The Kier molecular flexibility index (Phi) is 4.71. The van der Waals surface area contributed by atoms with Gasteiger partial charge in [0.2, 0.25) is 0 Å². The highest BCUT2D eigenvalue weighted by Gasteiger charge is 2.44. The molecule has 0 spiro atoms. The number of piperidine rings is 1. The third kappa shape index (κ3) is 2.96. The van der Waals surface area contributed by atoms with Gasteiger partial charge in [-0.05, 0) is 37.5 Å². The van der Waals surface area contributed by atoms with Crippen molar-refractivity contribution in [3.63, 3.8) is 0 Å². The Bertz CT molecular complexity index is 730. The maximum Gasteiger partial charge on any atom is 0.316 e. The number of aryl methyl sites for hydroxylation is 1. The normalized spacial score (nSPS) is 16.7. The molecule has 4 nitrogen and oxygen atoms in total. The highest BCUT2D eigenvalue weighted by Crippen LogP contribution is 2.37. The van der Waals surface area contributed by atoms with Gasteiger partial charge >= 0.3 is 5.97 Å². The third-order valence-corrected chi connectivity index (χ3v) is 5.75. The fourth-order valence-corrected chi connectivity index (χ4v) is 4.20. The maximum absolute atomic E-state index is 12.6. The molecular formula is C19H21NO3S. The number of amides is 1. The van der Waals surface area contributed by atoms with Crippen LogP contribution in [0, 0.1) is 6.92 Å². The smallest absolute Gasteiger partial charge is 0.316 e. The van der Waals surface area contributed by atoms with Crippen LogP contribution in [0.15, 0.2) is 42.5 Å². The largest absolute Gasteiger partial charge is 0.468 e. The number of carbonyl (C=O) groups is 2. The molecule has 1 amide bonds. The average Bonchev–Trinajstić information content (AvgIpc) is 3.07. The molecule has 5 heteroatoms. The number of rotatable bonds is 3. The predicted molar refractivity (Wildman–Crippen MR) is 94.3 cm³/mol. The van der Waals surface area contributed by atoms with Gasteiger partial charge in [0, 0.05) is 18.0 Å². The first-order valence-electron chi connectivity index (χ1n) is 8.06. The van der Waals surface area contributed by atoms with Crippen molar-refractivity contribution in [2.75, 3.05) is 20.2 Å². The Hall–Kier alpha value is -2.14. The molecule has 2 heterocycles. The molecule has 0 saturated carbocycles. The number of carbonyl (C=O) groups excluding carboxylic acids is 2. The van der Waals surface area contributed by atoms with Crippen LogP contribution in [0.5, 0.6) is 0 Å². The number of hydrogen-bond donors (Lipinski definition) is 0. The van der Waals surface area contributed by atoms with Crippen molar-refractivity contribution in [3.8, 4) is 0 Å². The molecule has 2 aromatic rings. The van der Waals surface area contributed by atoms with Crippen LogP contribution in [-0.4, -0.2) is 37.0 Å². The summed E-state index contributed by atoms with van der Waals surface area (Å²) in [7, 11) is 1.43. The molecule has 0 unspecified atom stereocenters. The zero-order valence-electron chi connectivity index (χ0n) is 14.0. The van der Waals surface area contributed by atoms with E-state index in [0.29, 0.717) is 25.9 Å². The van der Waals surface area contributed by atoms with E-state index >= 15 is 0 Å². The van der Waals surface area contributed by atoms with Crippen molar-refractivity contribution in [1.82, 2.24) is 4.90 Å². The first kappa shape index (κ1) is 16.7. The first-order valence-corrected chi connectivity index (χ1v) is 8.88. The van der Waals surface area contributed by atoms with Crippen LogP contribution in [0.1, 0.15) is 33.0 Å². The zero-order valence-corrected chi connectivity index (χ0v) is 14.8. The van der Waals surface area contributed by atoms with Gasteiger partial charge < -0.3 is 9.64 Å². The second-order valence-electron chi connectivity index (χ2n) is 6.14. The van der Waals surface area contributed by atoms with E-state index in [-0.39, 0.29) is 11.9 Å². The number of nitrogens with zero attached hydrogens (tertiary/aromatic N) is 1. The average molecular weight is 343 g/mol. The fourth-order valence-electron chi connectivity index (χ4n) is 3.36. The zero-order chi connectivity index (χ0) is 17.2. The molecule has 1 aromatic heterocycles. The van der Waals surface area contributed by atoms with Crippen LogP contribution in [0.3, 0.4) is 0 Å². The number of benzene rings is 1. The van der Waals surface area contributed by atoms with E-state index in [0.717, 1.165) is 15.3 Å². The lowest BCUT2D eigenvalue weighted by Gasteiger charge is -2.40. The van der Waals surface area contributed by atoms with E-state index in [1.54, 1.807) is 0 Å². The second kappa shape index (κ2) is 6.77. The molecule has 0 radical (unpaired) electrons. The molecule has 3 rings (SSSR count). The van der Waals surface area contributed by atoms with Gasteiger partial charge in [0.15, 0.2) is 0 Å². The summed E-state index contributed by atoms with van der Waals surface area (Å²) in [6.45, 7) is 3.11. The summed E-state index contributed by atoms with van der Waals surface area (Å²) in [5.41, 5.74) is 0.314. The quantitative estimate of drug-likeness (QED) is 0.803. The molecule has 0 aliphatic carbocycles. The Morgan fingerprint density at radius 1 is 1.08 bits per heavy atom. The van der Waals surface area contributed by atoms with Crippen LogP contribution in [-0.2, 0) is 14.9 Å². The minimum atomic E-state index is -0.655. The first-order chi connectivity index (χ1) is 11.6. The number of likely N-dealkylation sites (tertiary alicyclic amines) is 1. The molecule has 126 valence electrons. The molecular weight excluding hydrogens is 322 g/mol. The lowest BCUT2D eigenvalue weighted by atomic mass is 9.72. The number of methoxy groups -OCH3 is 1. The van der Waals surface area contributed by atoms with Crippen molar-refractivity contribution >= 4 is 23.2 Å².